The van der Waals surface area contributed by atoms with Crippen molar-refractivity contribution in [2.75, 3.05) is 39.6 Å². The minimum absolute atomic E-state index is 0.103. The van der Waals surface area contributed by atoms with Gasteiger partial charge in [-0.2, -0.15) is 0 Å². The Bertz CT molecular complexity index is 1820. The summed E-state index contributed by atoms with van der Waals surface area (Å²) in [6.07, 6.45) is 45.9. The third-order valence-corrected chi connectivity index (χ3v) is 19.4. The molecule has 0 aromatic rings. The molecule has 0 rings (SSSR count). The molecule has 3 N–H and O–H groups in total. The van der Waals surface area contributed by atoms with Crippen molar-refractivity contribution < 1.29 is 80.2 Å². The first kappa shape index (κ1) is 90.1. The highest BCUT2D eigenvalue weighted by Gasteiger charge is 2.30. The number of carbonyl (C=O) groups excluding carboxylic acids is 4. The summed E-state index contributed by atoms with van der Waals surface area (Å²) in [6.45, 7) is 14.1. The highest BCUT2D eigenvalue weighted by molar-refractivity contribution is 7.47. The lowest BCUT2D eigenvalue weighted by molar-refractivity contribution is -0.161. The van der Waals surface area contributed by atoms with Crippen molar-refractivity contribution >= 4 is 39.5 Å². The maximum Gasteiger partial charge on any atom is 0.472 e. The van der Waals surface area contributed by atoms with E-state index in [1.54, 1.807) is 0 Å². The fourth-order valence-electron chi connectivity index (χ4n) is 11.0. The quantitative estimate of drug-likeness (QED) is 0.0222. The number of carbonyl (C=O) groups is 4. The molecule has 0 aliphatic carbocycles. The van der Waals surface area contributed by atoms with Crippen molar-refractivity contribution in [1.29, 1.82) is 0 Å². The van der Waals surface area contributed by atoms with Crippen LogP contribution in [0.5, 0.6) is 0 Å². The molecular formula is C73H142O17P2. The van der Waals surface area contributed by atoms with E-state index < -0.39 is 97.5 Å². The number of aliphatic hydroxyl groups excluding tert-OH is 1. The standard InChI is InChI=1S/C73H142O17P2/c1-9-65(7)51-43-35-27-21-17-13-11-12-14-18-22-28-37-45-53-70(75)83-60-69(90-73(78)56-48-40-32-31-36-44-52-66(8)10-2)62-88-92(81,82)86-58-67(74)57-85-91(79,80)87-61-68(59-84-71(76)54-46-38-30-24-26-34-42-50-64(5)6)89-72(77)55-47-39-29-23-19-15-16-20-25-33-41-49-63(3)4/h63-69,74H,9-62H2,1-8H3,(H,79,80)(H,81,82)/t65?,66?,67?,68-,69-/m1/s1. The minimum atomic E-state index is -4.95. The second-order valence-corrected chi connectivity index (χ2v) is 30.7. The zero-order valence-electron chi connectivity index (χ0n) is 60.2. The summed E-state index contributed by atoms with van der Waals surface area (Å²) in [7, 11) is -9.91. The van der Waals surface area contributed by atoms with E-state index in [2.05, 4.69) is 55.4 Å². The maximum atomic E-state index is 13.0. The SMILES string of the molecule is CCC(C)CCCCCCCCCCCCCCCCC(=O)OC[C@H](COP(=O)(O)OCC(O)COP(=O)(O)OC[C@@H](COC(=O)CCCCCCCCCC(C)C)OC(=O)CCCCCCCCCCCCCC(C)C)OC(=O)CCCCCCCCC(C)CC. The number of esters is 4. The van der Waals surface area contributed by atoms with Crippen LogP contribution in [0.25, 0.3) is 0 Å². The Kier molecular flexibility index (Phi) is 61.3. The Morgan fingerprint density at radius 1 is 0.304 bits per heavy atom. The van der Waals surface area contributed by atoms with Gasteiger partial charge in [0.2, 0.25) is 0 Å². The number of phosphoric acid groups is 2. The van der Waals surface area contributed by atoms with E-state index in [0.29, 0.717) is 31.6 Å². The van der Waals surface area contributed by atoms with E-state index in [9.17, 15) is 43.2 Å². The molecule has 0 saturated carbocycles. The molecule has 0 radical (unpaired) electrons. The molecule has 7 atom stereocenters. The van der Waals surface area contributed by atoms with Crippen LogP contribution in [-0.2, 0) is 65.4 Å². The van der Waals surface area contributed by atoms with Crippen molar-refractivity contribution in [1.82, 2.24) is 0 Å². The Labute approximate surface area is 562 Å². The van der Waals surface area contributed by atoms with Gasteiger partial charge in [0.1, 0.15) is 19.3 Å². The van der Waals surface area contributed by atoms with Gasteiger partial charge in [0.25, 0.3) is 0 Å². The van der Waals surface area contributed by atoms with Gasteiger partial charge >= 0.3 is 39.5 Å². The molecule has 0 aromatic carbocycles. The van der Waals surface area contributed by atoms with E-state index in [1.807, 2.05) is 0 Å². The van der Waals surface area contributed by atoms with Crippen molar-refractivity contribution in [3.05, 3.63) is 0 Å². The van der Waals surface area contributed by atoms with Crippen LogP contribution in [0.15, 0.2) is 0 Å². The summed E-state index contributed by atoms with van der Waals surface area (Å²) < 4.78 is 68.4. The number of hydrogen-bond donors (Lipinski definition) is 3. The Morgan fingerprint density at radius 2 is 0.522 bits per heavy atom. The molecule has 0 heterocycles. The van der Waals surface area contributed by atoms with Crippen LogP contribution >= 0.6 is 15.6 Å². The third-order valence-electron chi connectivity index (χ3n) is 17.5. The van der Waals surface area contributed by atoms with Crippen LogP contribution < -0.4 is 0 Å². The smallest absolute Gasteiger partial charge is 0.462 e. The van der Waals surface area contributed by atoms with Gasteiger partial charge in [-0.3, -0.25) is 37.3 Å². The van der Waals surface area contributed by atoms with Crippen LogP contribution in [0.1, 0.15) is 364 Å². The van der Waals surface area contributed by atoms with Gasteiger partial charge < -0.3 is 33.8 Å². The van der Waals surface area contributed by atoms with Gasteiger partial charge in [-0.25, -0.2) is 9.13 Å². The van der Waals surface area contributed by atoms with Crippen molar-refractivity contribution in [2.45, 2.75) is 382 Å². The molecule has 0 aliphatic rings. The van der Waals surface area contributed by atoms with Crippen molar-refractivity contribution in [3.8, 4) is 0 Å². The van der Waals surface area contributed by atoms with Gasteiger partial charge in [-0.05, 0) is 49.4 Å². The summed E-state index contributed by atoms with van der Waals surface area (Å²) in [4.78, 5) is 72.6. The summed E-state index contributed by atoms with van der Waals surface area (Å²) in [5, 5.41) is 10.6. The first-order valence-electron chi connectivity index (χ1n) is 37.8. The number of hydrogen-bond acceptors (Lipinski definition) is 15. The Morgan fingerprint density at radius 3 is 0.772 bits per heavy atom. The van der Waals surface area contributed by atoms with E-state index in [4.69, 9.17) is 37.0 Å². The summed E-state index contributed by atoms with van der Waals surface area (Å²) >= 11 is 0. The molecule has 92 heavy (non-hydrogen) atoms. The molecule has 0 saturated heterocycles. The first-order valence-corrected chi connectivity index (χ1v) is 40.8. The van der Waals surface area contributed by atoms with Crippen LogP contribution in [0.4, 0.5) is 0 Å². The zero-order chi connectivity index (χ0) is 68.2. The van der Waals surface area contributed by atoms with E-state index >= 15 is 0 Å². The van der Waals surface area contributed by atoms with Crippen LogP contribution in [0.3, 0.4) is 0 Å². The van der Waals surface area contributed by atoms with E-state index in [1.165, 1.54) is 161 Å². The lowest BCUT2D eigenvalue weighted by atomic mass is 9.99. The lowest BCUT2D eigenvalue weighted by Crippen LogP contribution is -2.30. The fourth-order valence-corrected chi connectivity index (χ4v) is 12.5. The molecule has 17 nitrogen and oxygen atoms in total. The number of phosphoric ester groups is 2. The van der Waals surface area contributed by atoms with Gasteiger partial charge in [-0.1, -0.05) is 312 Å². The third kappa shape index (κ3) is 64.1. The Hall–Kier alpha value is -1.94. The second-order valence-electron chi connectivity index (χ2n) is 27.8. The van der Waals surface area contributed by atoms with Crippen LogP contribution in [0.2, 0.25) is 0 Å². The van der Waals surface area contributed by atoms with Crippen molar-refractivity contribution in [2.24, 2.45) is 23.7 Å². The summed E-state index contributed by atoms with van der Waals surface area (Å²) in [5.41, 5.74) is 0. The molecule has 0 spiro atoms. The van der Waals surface area contributed by atoms with E-state index in [-0.39, 0.29) is 25.7 Å². The number of rotatable bonds is 70. The number of aliphatic hydroxyl groups is 1. The molecule has 19 heteroatoms. The molecule has 546 valence electrons. The normalized spacial score (nSPS) is 14.8. The average molecular weight is 1350 g/mol. The maximum absolute atomic E-state index is 13.0. The van der Waals surface area contributed by atoms with Gasteiger partial charge in [-0.15, -0.1) is 0 Å². The highest BCUT2D eigenvalue weighted by atomic mass is 31.2. The Balaban J connectivity index is 5.20. The lowest BCUT2D eigenvalue weighted by Gasteiger charge is -2.21. The minimum Gasteiger partial charge on any atom is -0.462 e. The molecule has 0 aromatic heterocycles. The molecule has 0 amide bonds. The highest BCUT2D eigenvalue weighted by Crippen LogP contribution is 2.45. The monoisotopic (exact) mass is 1350 g/mol. The van der Waals surface area contributed by atoms with Gasteiger partial charge in [0.05, 0.1) is 26.4 Å². The molecule has 0 bridgehead atoms. The van der Waals surface area contributed by atoms with Gasteiger partial charge in [0.15, 0.2) is 12.2 Å². The summed E-state index contributed by atoms with van der Waals surface area (Å²) in [6, 6.07) is 0. The molecular weight excluding hydrogens is 1210 g/mol. The fraction of sp³-hybridized carbons (Fsp3) is 0.945. The van der Waals surface area contributed by atoms with Crippen LogP contribution in [0, 0.1) is 23.7 Å². The van der Waals surface area contributed by atoms with Crippen molar-refractivity contribution in [3.63, 3.8) is 0 Å². The first-order chi connectivity index (χ1) is 44.2. The molecule has 0 aliphatic heterocycles. The zero-order valence-corrected chi connectivity index (χ0v) is 62.0. The predicted molar refractivity (Wildman–Crippen MR) is 372 cm³/mol. The largest absolute Gasteiger partial charge is 0.472 e. The molecule has 0 fully saturated rings. The topological polar surface area (TPSA) is 237 Å². The number of ether oxygens (including phenoxy) is 4. The average Bonchev–Trinajstić information content (AvgIpc) is 3.19. The molecule has 5 unspecified atom stereocenters. The van der Waals surface area contributed by atoms with E-state index in [0.717, 1.165) is 114 Å². The number of unbranched alkanes of at least 4 members (excludes halogenated alkanes) is 34. The second kappa shape index (κ2) is 62.6. The summed E-state index contributed by atoms with van der Waals surface area (Å²) in [5.74, 6) is 0.912. The predicted octanol–water partition coefficient (Wildman–Crippen LogP) is 20.9. The van der Waals surface area contributed by atoms with Crippen LogP contribution in [-0.4, -0.2) is 96.7 Å². The van der Waals surface area contributed by atoms with Gasteiger partial charge in [0, 0.05) is 25.7 Å².